The second-order valence-electron chi connectivity index (χ2n) is 5.54. The van der Waals surface area contributed by atoms with E-state index in [0.717, 1.165) is 5.56 Å². The van der Waals surface area contributed by atoms with Crippen LogP contribution in [-0.4, -0.2) is 39.5 Å². The molecule has 1 atom stereocenters. The van der Waals surface area contributed by atoms with Crippen LogP contribution in [0.25, 0.3) is 0 Å². The van der Waals surface area contributed by atoms with Gasteiger partial charge in [0.05, 0.1) is 5.88 Å². The van der Waals surface area contributed by atoms with Crippen LogP contribution in [0.2, 0.25) is 0 Å². The molecular formula is C18H18N2O3S. The van der Waals surface area contributed by atoms with Gasteiger partial charge in [0.25, 0.3) is 5.91 Å². The maximum absolute atomic E-state index is 12.6. The number of hydrogen-bond acceptors (Lipinski definition) is 4. The highest BCUT2D eigenvalue weighted by Gasteiger charge is 2.34. The minimum atomic E-state index is -0.458. The quantitative estimate of drug-likeness (QED) is 0.894. The molecule has 1 saturated heterocycles. The van der Waals surface area contributed by atoms with Gasteiger partial charge in [0.1, 0.15) is 11.8 Å². The number of phenols is 1. The largest absolute Gasteiger partial charge is 0.508 e. The van der Waals surface area contributed by atoms with E-state index in [0.29, 0.717) is 23.7 Å². The Morgan fingerprint density at radius 3 is 2.54 bits per heavy atom. The molecule has 1 heterocycles. The average Bonchev–Trinajstić information content (AvgIpc) is 3.11. The summed E-state index contributed by atoms with van der Waals surface area (Å²) in [6.45, 7) is 0.369. The Kier molecular flexibility index (Phi) is 5.05. The van der Waals surface area contributed by atoms with Crippen LogP contribution in [0.3, 0.4) is 0 Å². The maximum atomic E-state index is 12.6. The lowest BCUT2D eigenvalue weighted by Gasteiger charge is -2.23. The van der Waals surface area contributed by atoms with Gasteiger partial charge in [-0.15, -0.1) is 11.8 Å². The van der Waals surface area contributed by atoms with Gasteiger partial charge in [-0.2, -0.15) is 0 Å². The Labute approximate surface area is 144 Å². The van der Waals surface area contributed by atoms with Crippen LogP contribution in [0, 0.1) is 0 Å². The van der Waals surface area contributed by atoms with E-state index < -0.39 is 6.04 Å². The first-order valence-electron chi connectivity index (χ1n) is 7.64. The topological polar surface area (TPSA) is 69.6 Å². The van der Waals surface area contributed by atoms with Crippen molar-refractivity contribution in [2.75, 3.05) is 11.6 Å². The fourth-order valence-electron chi connectivity index (χ4n) is 2.53. The highest BCUT2D eigenvalue weighted by molar-refractivity contribution is 7.99. The van der Waals surface area contributed by atoms with E-state index in [1.807, 2.05) is 18.2 Å². The van der Waals surface area contributed by atoms with Crippen molar-refractivity contribution in [3.63, 3.8) is 0 Å². The van der Waals surface area contributed by atoms with Crippen LogP contribution in [0.1, 0.15) is 15.9 Å². The van der Waals surface area contributed by atoms with Gasteiger partial charge in [-0.1, -0.05) is 30.3 Å². The van der Waals surface area contributed by atoms with E-state index in [9.17, 15) is 14.7 Å². The third kappa shape index (κ3) is 3.71. The Balaban J connectivity index is 1.63. The van der Waals surface area contributed by atoms with Crippen molar-refractivity contribution in [2.45, 2.75) is 12.6 Å². The third-order valence-electron chi connectivity index (χ3n) is 3.87. The molecule has 0 aliphatic carbocycles. The molecule has 0 spiro atoms. The number of carbonyl (C=O) groups is 2. The zero-order valence-corrected chi connectivity index (χ0v) is 13.8. The maximum Gasteiger partial charge on any atom is 0.255 e. The lowest BCUT2D eigenvalue weighted by Crippen LogP contribution is -2.47. The minimum absolute atomic E-state index is 0.120. The van der Waals surface area contributed by atoms with Gasteiger partial charge in [-0.25, -0.2) is 0 Å². The molecule has 0 radical (unpaired) electrons. The van der Waals surface area contributed by atoms with Gasteiger partial charge < -0.3 is 15.3 Å². The summed E-state index contributed by atoms with van der Waals surface area (Å²) in [7, 11) is 0. The summed E-state index contributed by atoms with van der Waals surface area (Å²) >= 11 is 1.58. The number of aromatic hydroxyl groups is 1. The van der Waals surface area contributed by atoms with Crippen molar-refractivity contribution in [1.29, 1.82) is 0 Å². The van der Waals surface area contributed by atoms with Gasteiger partial charge in [-0.05, 0) is 29.8 Å². The van der Waals surface area contributed by atoms with E-state index in [-0.39, 0.29) is 17.6 Å². The average molecular weight is 342 g/mol. The molecule has 2 aromatic rings. The second kappa shape index (κ2) is 7.40. The summed E-state index contributed by atoms with van der Waals surface area (Å²) in [5.41, 5.74) is 1.49. The first kappa shape index (κ1) is 16.4. The van der Waals surface area contributed by atoms with Gasteiger partial charge in [0.2, 0.25) is 5.91 Å². The number of nitrogens with zero attached hydrogens (tertiary/aromatic N) is 1. The lowest BCUT2D eigenvalue weighted by atomic mass is 10.1. The smallest absolute Gasteiger partial charge is 0.255 e. The Morgan fingerprint density at radius 1 is 1.12 bits per heavy atom. The molecule has 2 aromatic carbocycles. The highest BCUT2D eigenvalue weighted by Crippen LogP contribution is 2.23. The van der Waals surface area contributed by atoms with E-state index in [2.05, 4.69) is 5.32 Å². The summed E-state index contributed by atoms with van der Waals surface area (Å²) in [6.07, 6.45) is 0. The number of rotatable bonds is 4. The molecule has 0 bridgehead atoms. The summed E-state index contributed by atoms with van der Waals surface area (Å²) in [4.78, 5) is 26.7. The molecule has 24 heavy (non-hydrogen) atoms. The number of phenolic OH excluding ortho intramolecular Hbond substituents is 1. The first-order chi connectivity index (χ1) is 11.6. The number of hydrogen-bond donors (Lipinski definition) is 2. The standard InChI is InChI=1S/C18H18N2O3S/c21-15-8-6-13(7-9-15)10-19-17(22)16-11-24-12-20(16)18(23)14-4-2-1-3-5-14/h1-9,16,21H,10-12H2,(H,19,22). The van der Waals surface area contributed by atoms with Crippen LogP contribution in [-0.2, 0) is 11.3 Å². The van der Waals surface area contributed by atoms with Gasteiger partial charge in [-0.3, -0.25) is 9.59 Å². The van der Waals surface area contributed by atoms with Crippen molar-refractivity contribution in [3.8, 4) is 5.75 Å². The minimum Gasteiger partial charge on any atom is -0.508 e. The molecule has 0 aromatic heterocycles. The predicted molar refractivity (Wildman–Crippen MR) is 93.7 cm³/mol. The monoisotopic (exact) mass is 342 g/mol. The Morgan fingerprint density at radius 2 is 1.83 bits per heavy atom. The van der Waals surface area contributed by atoms with E-state index in [1.54, 1.807) is 53.1 Å². The Hall–Kier alpha value is -2.47. The first-order valence-corrected chi connectivity index (χ1v) is 8.80. The van der Waals surface area contributed by atoms with E-state index >= 15 is 0 Å². The molecule has 3 rings (SSSR count). The number of amides is 2. The second-order valence-corrected chi connectivity index (χ2v) is 6.54. The zero-order chi connectivity index (χ0) is 16.9. The molecule has 2 N–H and O–H groups in total. The van der Waals surface area contributed by atoms with Crippen LogP contribution in [0.5, 0.6) is 5.75 Å². The van der Waals surface area contributed by atoms with Gasteiger partial charge >= 0.3 is 0 Å². The molecule has 1 aliphatic heterocycles. The summed E-state index contributed by atoms with van der Waals surface area (Å²) in [5, 5.41) is 12.1. The molecule has 0 saturated carbocycles. The summed E-state index contributed by atoms with van der Waals surface area (Å²) < 4.78 is 0. The fraction of sp³-hybridized carbons (Fsp3) is 0.222. The summed E-state index contributed by atoms with van der Waals surface area (Å²) in [5.74, 6) is 1.03. The van der Waals surface area contributed by atoms with Crippen molar-refractivity contribution in [3.05, 3.63) is 65.7 Å². The molecule has 1 fully saturated rings. The van der Waals surface area contributed by atoms with Crippen molar-refractivity contribution in [2.24, 2.45) is 0 Å². The normalized spacial score (nSPS) is 16.8. The van der Waals surface area contributed by atoms with Gasteiger partial charge in [0, 0.05) is 17.9 Å². The van der Waals surface area contributed by atoms with Crippen molar-refractivity contribution >= 4 is 23.6 Å². The molecule has 1 aliphatic rings. The number of thioether (sulfide) groups is 1. The SMILES string of the molecule is O=C(NCc1ccc(O)cc1)C1CSCN1C(=O)c1ccccc1. The third-order valence-corrected chi connectivity index (χ3v) is 4.88. The lowest BCUT2D eigenvalue weighted by molar-refractivity contribution is -0.124. The molecule has 1 unspecified atom stereocenters. The number of carbonyl (C=O) groups excluding carboxylic acids is 2. The molecule has 124 valence electrons. The molecule has 6 heteroatoms. The molecule has 2 amide bonds. The molecule has 5 nitrogen and oxygen atoms in total. The number of nitrogens with one attached hydrogen (secondary N) is 1. The summed E-state index contributed by atoms with van der Waals surface area (Å²) in [6, 6.07) is 15.2. The Bertz CT molecular complexity index is 719. The van der Waals surface area contributed by atoms with E-state index in [4.69, 9.17) is 0 Å². The van der Waals surface area contributed by atoms with Crippen LogP contribution >= 0.6 is 11.8 Å². The van der Waals surface area contributed by atoms with Gasteiger partial charge in [0.15, 0.2) is 0 Å². The van der Waals surface area contributed by atoms with Crippen LogP contribution in [0.4, 0.5) is 0 Å². The van der Waals surface area contributed by atoms with Crippen LogP contribution in [0.15, 0.2) is 54.6 Å². The van der Waals surface area contributed by atoms with Crippen molar-refractivity contribution in [1.82, 2.24) is 10.2 Å². The number of benzene rings is 2. The van der Waals surface area contributed by atoms with E-state index in [1.165, 1.54) is 0 Å². The highest BCUT2D eigenvalue weighted by atomic mass is 32.2. The zero-order valence-electron chi connectivity index (χ0n) is 13.0. The fourth-order valence-corrected chi connectivity index (χ4v) is 3.68. The van der Waals surface area contributed by atoms with Crippen LogP contribution < -0.4 is 5.32 Å². The predicted octanol–water partition coefficient (Wildman–Crippen LogP) is 2.22. The van der Waals surface area contributed by atoms with Crippen molar-refractivity contribution < 1.29 is 14.7 Å². The molecular weight excluding hydrogens is 324 g/mol.